The average Bonchev–Trinajstić information content (AvgIpc) is 3.53. The summed E-state index contributed by atoms with van der Waals surface area (Å²) < 4.78 is 27.8. The Morgan fingerprint density at radius 1 is 0.891 bits per heavy atom. The summed E-state index contributed by atoms with van der Waals surface area (Å²) in [6.07, 6.45) is -1.08. The fraction of sp³-hybridized carbons (Fsp3) is 0.317. The predicted octanol–water partition coefficient (Wildman–Crippen LogP) is 7.48. The fourth-order valence-electron chi connectivity index (χ4n) is 5.85. The molecule has 1 aliphatic rings. The molecule has 1 N–H and O–H groups in total. The predicted molar refractivity (Wildman–Crippen MR) is 201 cm³/mol. The molecule has 0 spiro atoms. The lowest BCUT2D eigenvalue weighted by Gasteiger charge is -2.23. The van der Waals surface area contributed by atoms with Crippen LogP contribution in [0.15, 0.2) is 108 Å². The minimum atomic E-state index is -1.24. The summed E-state index contributed by atoms with van der Waals surface area (Å²) in [5.41, 5.74) is 11.6. The Kier molecular flexibility index (Phi) is 13.3. The molecule has 3 atom stereocenters. The number of azide groups is 1. The first kappa shape index (κ1) is 39.7. The molecule has 0 radical (unpaired) electrons. The lowest BCUT2D eigenvalue weighted by atomic mass is 10.0. The molecule has 4 aromatic rings. The standard InChI is InChI=1S/C41H43N5O9/c1-41(2,3)55-39(49)43-34(38(48)52-25-29-13-9-6-10-14-29)22-28-15-18-32(19-16-28)54-36-24-30(17-20-35(36)51-4)23-33(44-45-42)37(47)46-31(26-53-40(46)50)21-27-11-7-5-8-12-27/h5-20,24,31,33-34H,21-23,25-26H2,1-4H3,(H,43,49)/t31-,33-,34-/m0/s1. The minimum Gasteiger partial charge on any atom is -0.493 e. The van der Waals surface area contributed by atoms with Crippen molar-refractivity contribution in [2.24, 2.45) is 5.11 Å². The summed E-state index contributed by atoms with van der Waals surface area (Å²) in [7, 11) is 1.48. The van der Waals surface area contributed by atoms with Crippen LogP contribution in [0.4, 0.5) is 9.59 Å². The molecule has 286 valence electrons. The van der Waals surface area contributed by atoms with Crippen molar-refractivity contribution in [2.75, 3.05) is 13.7 Å². The Bertz CT molecular complexity index is 2000. The van der Waals surface area contributed by atoms with Gasteiger partial charge in [0, 0.05) is 11.3 Å². The van der Waals surface area contributed by atoms with Gasteiger partial charge in [-0.25, -0.2) is 19.3 Å². The first-order chi connectivity index (χ1) is 26.4. The number of imide groups is 1. The number of cyclic esters (lactones) is 1. The van der Waals surface area contributed by atoms with Gasteiger partial charge in [0.05, 0.1) is 13.2 Å². The summed E-state index contributed by atoms with van der Waals surface area (Å²) in [5, 5.41) is 6.38. The number of carbonyl (C=O) groups is 4. The second kappa shape index (κ2) is 18.5. The van der Waals surface area contributed by atoms with Gasteiger partial charge < -0.3 is 29.0 Å². The molecule has 1 aliphatic heterocycles. The molecule has 1 heterocycles. The number of amides is 3. The number of benzene rings is 4. The third kappa shape index (κ3) is 11.5. The molecule has 0 saturated carbocycles. The van der Waals surface area contributed by atoms with Crippen LogP contribution in [0.1, 0.15) is 43.0 Å². The molecule has 5 rings (SSSR count). The van der Waals surface area contributed by atoms with Crippen LogP contribution >= 0.6 is 0 Å². The van der Waals surface area contributed by atoms with E-state index < -0.39 is 47.8 Å². The molecule has 14 nitrogen and oxygen atoms in total. The maximum absolute atomic E-state index is 13.7. The highest BCUT2D eigenvalue weighted by atomic mass is 16.6. The smallest absolute Gasteiger partial charge is 0.416 e. The second-order valence-electron chi connectivity index (χ2n) is 13.8. The van der Waals surface area contributed by atoms with Crippen LogP contribution < -0.4 is 14.8 Å². The number of ether oxygens (including phenoxy) is 5. The van der Waals surface area contributed by atoms with Crippen molar-refractivity contribution in [1.29, 1.82) is 0 Å². The number of hydrogen-bond acceptors (Lipinski definition) is 10. The Morgan fingerprint density at radius 3 is 2.18 bits per heavy atom. The molecule has 14 heteroatoms. The number of rotatable bonds is 15. The highest BCUT2D eigenvalue weighted by molar-refractivity contribution is 5.96. The molecule has 0 unspecified atom stereocenters. The van der Waals surface area contributed by atoms with Gasteiger partial charge in [-0.1, -0.05) is 84.0 Å². The van der Waals surface area contributed by atoms with Gasteiger partial charge in [-0.15, -0.1) is 0 Å². The number of hydrogen-bond donors (Lipinski definition) is 1. The Balaban J connectivity index is 1.28. The van der Waals surface area contributed by atoms with Gasteiger partial charge in [-0.2, -0.15) is 0 Å². The quantitative estimate of drug-likeness (QED) is 0.0424. The summed E-state index contributed by atoms with van der Waals surface area (Å²) in [6.45, 7) is 5.25. The number of nitrogens with zero attached hydrogens (tertiary/aromatic N) is 4. The van der Waals surface area contributed by atoms with E-state index in [-0.39, 0.29) is 26.1 Å². The van der Waals surface area contributed by atoms with Crippen LogP contribution in [-0.2, 0) is 49.7 Å². The molecule has 1 saturated heterocycles. The van der Waals surface area contributed by atoms with E-state index in [4.69, 9.17) is 23.7 Å². The van der Waals surface area contributed by atoms with Gasteiger partial charge in [0.25, 0.3) is 0 Å². The van der Waals surface area contributed by atoms with Crippen molar-refractivity contribution in [2.45, 2.75) is 70.4 Å². The first-order valence-electron chi connectivity index (χ1n) is 17.6. The average molecular weight is 750 g/mol. The molecule has 0 aliphatic carbocycles. The van der Waals surface area contributed by atoms with Crippen molar-refractivity contribution in [3.8, 4) is 17.2 Å². The Hall–Kier alpha value is -6.53. The molecule has 3 amide bonds. The summed E-state index contributed by atoms with van der Waals surface area (Å²) in [6, 6.07) is 27.7. The number of carbonyl (C=O) groups excluding carboxylic acids is 4. The zero-order valence-corrected chi connectivity index (χ0v) is 31.0. The largest absolute Gasteiger partial charge is 0.493 e. The lowest BCUT2D eigenvalue weighted by Crippen LogP contribution is -2.45. The van der Waals surface area contributed by atoms with Crippen LogP contribution in [-0.4, -0.2) is 66.4 Å². The molecular weight excluding hydrogens is 706 g/mol. The van der Waals surface area contributed by atoms with E-state index in [2.05, 4.69) is 15.3 Å². The van der Waals surface area contributed by atoms with Gasteiger partial charge in [-0.3, -0.25) is 4.79 Å². The summed E-state index contributed by atoms with van der Waals surface area (Å²) in [4.78, 5) is 56.1. The minimum absolute atomic E-state index is 0.0288. The van der Waals surface area contributed by atoms with Crippen LogP contribution in [0.3, 0.4) is 0 Å². The third-order valence-corrected chi connectivity index (χ3v) is 8.44. The number of nitrogens with one attached hydrogen (secondary N) is 1. The zero-order valence-electron chi connectivity index (χ0n) is 31.0. The molecular formula is C41H43N5O9. The van der Waals surface area contributed by atoms with E-state index in [1.807, 2.05) is 60.7 Å². The van der Waals surface area contributed by atoms with Gasteiger partial charge in [0.2, 0.25) is 5.91 Å². The lowest BCUT2D eigenvalue weighted by molar-refractivity contribution is -0.147. The van der Waals surface area contributed by atoms with Crippen LogP contribution in [0.25, 0.3) is 10.4 Å². The second-order valence-corrected chi connectivity index (χ2v) is 13.8. The highest BCUT2D eigenvalue weighted by Crippen LogP contribution is 2.33. The van der Waals surface area contributed by atoms with Crippen molar-refractivity contribution < 1.29 is 42.9 Å². The molecule has 0 aromatic heterocycles. The van der Waals surface area contributed by atoms with E-state index in [9.17, 15) is 24.7 Å². The van der Waals surface area contributed by atoms with Crippen LogP contribution in [0, 0.1) is 0 Å². The maximum Gasteiger partial charge on any atom is 0.416 e. The van der Waals surface area contributed by atoms with E-state index in [1.165, 1.54) is 7.11 Å². The number of alkyl carbamates (subject to hydrolysis) is 1. The molecule has 55 heavy (non-hydrogen) atoms. The Labute approximate surface area is 318 Å². The molecule has 4 aromatic carbocycles. The van der Waals surface area contributed by atoms with E-state index in [1.54, 1.807) is 63.2 Å². The SMILES string of the molecule is COc1ccc(C[C@H](N=[N+]=[N-])C(=O)N2C(=O)OC[C@@H]2Cc2ccccc2)cc1Oc1ccc(C[C@H](NC(=O)OC(C)(C)C)C(=O)OCc2ccccc2)cc1. The highest BCUT2D eigenvalue weighted by Gasteiger charge is 2.40. The zero-order chi connectivity index (χ0) is 39.4. The topological polar surface area (TPSA) is 178 Å². The van der Waals surface area contributed by atoms with Crippen LogP contribution in [0.2, 0.25) is 0 Å². The molecule has 0 bridgehead atoms. The summed E-state index contributed by atoms with van der Waals surface area (Å²) in [5.74, 6) is -0.153. The third-order valence-electron chi connectivity index (χ3n) is 8.44. The van der Waals surface area contributed by atoms with Gasteiger partial charge in [-0.05, 0) is 85.7 Å². The van der Waals surface area contributed by atoms with Gasteiger partial charge >= 0.3 is 18.2 Å². The Morgan fingerprint density at radius 2 is 1.55 bits per heavy atom. The molecule has 1 fully saturated rings. The van der Waals surface area contributed by atoms with Crippen LogP contribution in [0.5, 0.6) is 17.2 Å². The first-order valence-corrected chi connectivity index (χ1v) is 17.6. The van der Waals surface area contributed by atoms with Gasteiger partial charge in [0.15, 0.2) is 11.5 Å². The monoisotopic (exact) mass is 749 g/mol. The maximum atomic E-state index is 13.7. The van der Waals surface area contributed by atoms with Gasteiger partial charge in [0.1, 0.15) is 36.6 Å². The van der Waals surface area contributed by atoms with Crippen molar-refractivity contribution in [1.82, 2.24) is 10.2 Å². The van der Waals surface area contributed by atoms with E-state index in [0.29, 0.717) is 34.8 Å². The normalized spacial score (nSPS) is 14.8. The van der Waals surface area contributed by atoms with E-state index >= 15 is 0 Å². The van der Waals surface area contributed by atoms with Crippen molar-refractivity contribution >= 4 is 24.1 Å². The van der Waals surface area contributed by atoms with Crippen molar-refractivity contribution in [3.63, 3.8) is 0 Å². The fourth-order valence-corrected chi connectivity index (χ4v) is 5.85. The number of esters is 1. The van der Waals surface area contributed by atoms with E-state index in [0.717, 1.165) is 16.0 Å². The summed E-state index contributed by atoms with van der Waals surface area (Å²) >= 11 is 0. The number of methoxy groups -OCH3 is 1. The van der Waals surface area contributed by atoms with Crippen molar-refractivity contribution in [3.05, 3.63) is 136 Å².